The summed E-state index contributed by atoms with van der Waals surface area (Å²) in [5, 5.41) is 0. The fourth-order valence-corrected chi connectivity index (χ4v) is 2.07. The molecule has 0 N–H and O–H groups in total. The second kappa shape index (κ2) is 4.20. The van der Waals surface area contributed by atoms with Crippen molar-refractivity contribution in [3.8, 4) is 5.75 Å². The molecule has 3 heteroatoms. The minimum atomic E-state index is 0.921. The summed E-state index contributed by atoms with van der Waals surface area (Å²) in [4.78, 5) is 1.29. The van der Waals surface area contributed by atoms with Crippen molar-refractivity contribution in [3.63, 3.8) is 0 Å². The molecule has 0 bridgehead atoms. The summed E-state index contributed by atoms with van der Waals surface area (Å²) in [7, 11) is 3.47. The molecule has 0 atom stereocenters. The van der Waals surface area contributed by atoms with Crippen LogP contribution in [0.25, 0.3) is 0 Å². The van der Waals surface area contributed by atoms with Crippen LogP contribution in [0.3, 0.4) is 0 Å². The summed E-state index contributed by atoms with van der Waals surface area (Å²) < 4.78 is 5.01. The average molecular weight is 349 g/mol. The van der Waals surface area contributed by atoms with Crippen molar-refractivity contribution in [3.05, 3.63) is 24.3 Å². The zero-order valence-electron chi connectivity index (χ0n) is 5.50. The maximum absolute atomic E-state index is 5.01. The zero-order chi connectivity index (χ0) is 7.40. The molecule has 1 nitrogen and oxygen atoms in total. The van der Waals surface area contributed by atoms with E-state index in [0.717, 1.165) is 5.75 Å². The molecule has 0 aromatic heterocycles. The van der Waals surface area contributed by atoms with E-state index in [1.54, 1.807) is 38.9 Å². The van der Waals surface area contributed by atoms with E-state index in [1.165, 1.54) is 4.90 Å². The van der Waals surface area contributed by atoms with Gasteiger partial charge in [0.1, 0.15) is 0 Å². The Kier molecular flexibility index (Phi) is 3.51. The third kappa shape index (κ3) is 2.14. The number of benzene rings is 1. The van der Waals surface area contributed by atoms with Gasteiger partial charge in [0.2, 0.25) is 0 Å². The molecular formula is C7H7AtOS. The van der Waals surface area contributed by atoms with Crippen LogP contribution in [-0.2, 0) is 0 Å². The Morgan fingerprint density at radius 2 is 1.90 bits per heavy atom. The van der Waals surface area contributed by atoms with Crippen molar-refractivity contribution in [2.45, 2.75) is 4.90 Å². The molecular weight excluding hydrogens is 342 g/mol. The molecule has 0 saturated carbocycles. The van der Waals surface area contributed by atoms with Gasteiger partial charge < -0.3 is 0 Å². The standard InChI is InChI=1S/C7H7AtOS/c1-9-6-2-4-7(10-8)5-3-6/h2-5H,1H3. The van der Waals surface area contributed by atoms with Gasteiger partial charge in [0.25, 0.3) is 0 Å². The molecule has 54 valence electrons. The van der Waals surface area contributed by atoms with E-state index in [-0.39, 0.29) is 0 Å². The van der Waals surface area contributed by atoms with Gasteiger partial charge in [0, 0.05) is 0 Å². The predicted octanol–water partition coefficient (Wildman–Crippen LogP) is 2.25. The summed E-state index contributed by atoms with van der Waals surface area (Å²) >= 11 is 1.70. The number of methoxy groups -OCH3 is 1. The van der Waals surface area contributed by atoms with Crippen molar-refractivity contribution in [1.82, 2.24) is 0 Å². The van der Waals surface area contributed by atoms with Crippen LogP contribution in [0.1, 0.15) is 0 Å². The number of hydrogen-bond donors (Lipinski definition) is 0. The molecule has 1 aromatic carbocycles. The Balaban J connectivity index is 2.80. The molecule has 0 heterocycles. The molecule has 0 spiro atoms. The van der Waals surface area contributed by atoms with Crippen molar-refractivity contribution in [2.24, 2.45) is 0 Å². The van der Waals surface area contributed by atoms with Crippen LogP contribution in [0.2, 0.25) is 0 Å². The van der Waals surface area contributed by atoms with Crippen LogP contribution in [0.4, 0.5) is 0 Å². The quantitative estimate of drug-likeness (QED) is 0.810. The van der Waals surface area contributed by atoms with Gasteiger partial charge >= 0.3 is 78.5 Å². The molecule has 0 aliphatic rings. The third-order valence-electron chi connectivity index (χ3n) is 1.15. The van der Waals surface area contributed by atoms with Gasteiger partial charge in [0.05, 0.1) is 0 Å². The summed E-state index contributed by atoms with van der Waals surface area (Å²) in [6.45, 7) is 0. The summed E-state index contributed by atoms with van der Waals surface area (Å²) in [5.74, 6) is 0.921. The van der Waals surface area contributed by atoms with Gasteiger partial charge in [-0.2, -0.15) is 0 Å². The van der Waals surface area contributed by atoms with Crippen LogP contribution >= 0.6 is 8.52 Å². The van der Waals surface area contributed by atoms with Gasteiger partial charge in [-0.3, -0.25) is 0 Å². The molecule has 0 saturated heterocycles. The SMILES string of the molecule is COc1ccc(S[At])cc1. The average Bonchev–Trinajstić information content (AvgIpc) is 2.05. The molecule has 0 aliphatic carbocycles. The number of hydrogen-bond acceptors (Lipinski definition) is 2. The zero-order valence-corrected chi connectivity index (χ0v) is 9.26. The first kappa shape index (κ1) is 8.35. The van der Waals surface area contributed by atoms with Gasteiger partial charge in [-0.05, 0) is 0 Å². The Bertz CT molecular complexity index is 174. The molecule has 0 radical (unpaired) electrons. The summed E-state index contributed by atoms with van der Waals surface area (Å²) in [6.07, 6.45) is 0. The predicted molar refractivity (Wildman–Crippen MR) is 38.9 cm³/mol. The summed E-state index contributed by atoms with van der Waals surface area (Å²) in [6, 6.07) is 8.06. The van der Waals surface area contributed by atoms with Gasteiger partial charge in [0.15, 0.2) is 0 Å². The minimum absolute atomic E-state index is 0.921. The first-order valence-electron chi connectivity index (χ1n) is 2.79. The van der Waals surface area contributed by atoms with Crippen molar-refractivity contribution in [1.29, 1.82) is 0 Å². The molecule has 0 fully saturated rings. The van der Waals surface area contributed by atoms with E-state index in [1.807, 2.05) is 12.1 Å². The van der Waals surface area contributed by atoms with Crippen molar-refractivity contribution >= 4 is 8.52 Å². The van der Waals surface area contributed by atoms with Gasteiger partial charge in [-0.1, -0.05) is 0 Å². The summed E-state index contributed by atoms with van der Waals surface area (Å²) in [5.41, 5.74) is 0. The van der Waals surface area contributed by atoms with Crippen LogP contribution < -0.4 is 4.74 Å². The third-order valence-corrected chi connectivity index (χ3v) is 3.68. The van der Waals surface area contributed by atoms with E-state index in [2.05, 4.69) is 12.1 Å². The van der Waals surface area contributed by atoms with Gasteiger partial charge in [-0.25, -0.2) is 0 Å². The van der Waals surface area contributed by atoms with E-state index < -0.39 is 0 Å². The Hall–Kier alpha value is 0.253. The Morgan fingerprint density at radius 1 is 1.30 bits per heavy atom. The topological polar surface area (TPSA) is 9.23 Å². The van der Waals surface area contributed by atoms with E-state index in [0.29, 0.717) is 0 Å². The molecule has 0 unspecified atom stereocenters. The monoisotopic (exact) mass is 349 g/mol. The van der Waals surface area contributed by atoms with Crippen LogP contribution in [-0.4, -0.2) is 7.11 Å². The second-order valence-electron chi connectivity index (χ2n) is 1.75. The fourth-order valence-electron chi connectivity index (χ4n) is 0.627. The van der Waals surface area contributed by atoms with E-state index in [9.17, 15) is 0 Å². The fraction of sp³-hybridized carbons (Fsp3) is 0.143. The maximum atomic E-state index is 5.01. The Morgan fingerprint density at radius 3 is 2.30 bits per heavy atom. The second-order valence-corrected chi connectivity index (χ2v) is 4.18. The van der Waals surface area contributed by atoms with Crippen molar-refractivity contribution in [2.75, 3.05) is 7.11 Å². The van der Waals surface area contributed by atoms with E-state index in [4.69, 9.17) is 4.74 Å². The first-order chi connectivity index (χ1) is 4.86. The van der Waals surface area contributed by atoms with Crippen LogP contribution in [0.15, 0.2) is 29.2 Å². The van der Waals surface area contributed by atoms with Gasteiger partial charge in [-0.15, -0.1) is 0 Å². The van der Waals surface area contributed by atoms with E-state index >= 15 is 0 Å². The van der Waals surface area contributed by atoms with Crippen LogP contribution in [0.5, 0.6) is 5.75 Å². The number of ether oxygens (including phenoxy) is 1. The number of rotatable bonds is 2. The van der Waals surface area contributed by atoms with Crippen LogP contribution in [0, 0.1) is 23.3 Å². The molecule has 0 amide bonds. The molecule has 10 heavy (non-hydrogen) atoms. The normalized spacial score (nSPS) is 9.40. The Labute approximate surface area is 78.3 Å². The molecule has 0 aliphatic heterocycles. The molecule has 1 rings (SSSR count). The first-order valence-corrected chi connectivity index (χ1v) is 7.11. The molecule has 1 aromatic rings. The van der Waals surface area contributed by atoms with Crippen molar-refractivity contribution < 1.29 is 28.0 Å².